The Labute approximate surface area is 195 Å². The van der Waals surface area contributed by atoms with E-state index < -0.39 is 17.7 Å². The maximum absolute atomic E-state index is 13.2. The Morgan fingerprint density at radius 2 is 1.70 bits per heavy atom. The van der Waals surface area contributed by atoms with Crippen LogP contribution in [0, 0.1) is 13.8 Å². The number of para-hydroxylation sites is 1. The molecule has 1 aliphatic rings. The molecule has 0 saturated carbocycles. The fourth-order valence-corrected chi connectivity index (χ4v) is 4.29. The molecule has 7 heteroatoms. The molecule has 0 aromatic heterocycles. The van der Waals surface area contributed by atoms with Crippen molar-refractivity contribution in [2.24, 2.45) is 0 Å². The highest BCUT2D eigenvalue weighted by Crippen LogP contribution is 2.43. The Kier molecular flexibility index (Phi) is 7.43. The lowest BCUT2D eigenvalue weighted by atomic mass is 9.92. The minimum atomic E-state index is -0.745. The first-order valence-corrected chi connectivity index (χ1v) is 10.9. The largest absolute Gasteiger partial charge is 0.507 e. The van der Waals surface area contributed by atoms with Crippen molar-refractivity contribution in [1.29, 1.82) is 0 Å². The highest BCUT2D eigenvalue weighted by molar-refractivity contribution is 6.46. The molecule has 1 fully saturated rings. The van der Waals surface area contributed by atoms with Crippen LogP contribution in [0.1, 0.15) is 34.7 Å². The minimum Gasteiger partial charge on any atom is -0.507 e. The van der Waals surface area contributed by atoms with Crippen LogP contribution in [0.5, 0.6) is 11.5 Å². The summed E-state index contributed by atoms with van der Waals surface area (Å²) >= 11 is 0. The maximum atomic E-state index is 13.2. The second-order valence-corrected chi connectivity index (χ2v) is 8.53. The smallest absolute Gasteiger partial charge is 0.295 e. The van der Waals surface area contributed by atoms with Crippen LogP contribution in [0.15, 0.2) is 42.0 Å². The van der Waals surface area contributed by atoms with Crippen LogP contribution >= 0.6 is 0 Å². The highest BCUT2D eigenvalue weighted by atomic mass is 16.5. The molecule has 1 aliphatic heterocycles. The van der Waals surface area contributed by atoms with E-state index in [2.05, 4.69) is 0 Å². The number of aryl methyl sites for hydroxylation is 2. The normalized spacial score (nSPS) is 17.7. The summed E-state index contributed by atoms with van der Waals surface area (Å²) in [7, 11) is 7.05. The van der Waals surface area contributed by atoms with Gasteiger partial charge in [-0.25, -0.2) is 0 Å². The Balaban J connectivity index is 2.20. The third kappa shape index (κ3) is 4.73. The molecule has 2 aromatic rings. The molecule has 0 radical (unpaired) electrons. The first-order valence-electron chi connectivity index (χ1n) is 10.9. The zero-order valence-corrected chi connectivity index (χ0v) is 20.1. The number of rotatable bonds is 8. The van der Waals surface area contributed by atoms with Gasteiger partial charge in [-0.15, -0.1) is 0 Å². The zero-order chi connectivity index (χ0) is 24.3. The van der Waals surface area contributed by atoms with Gasteiger partial charge in [-0.3, -0.25) is 9.59 Å². The number of ketones is 1. The van der Waals surface area contributed by atoms with Crippen molar-refractivity contribution in [3.63, 3.8) is 0 Å². The fraction of sp³-hybridized carbons (Fsp3) is 0.385. The van der Waals surface area contributed by atoms with Crippen LogP contribution in [0.2, 0.25) is 0 Å². The second-order valence-electron chi connectivity index (χ2n) is 8.53. The average Bonchev–Trinajstić information content (AvgIpc) is 3.04. The van der Waals surface area contributed by atoms with Crippen molar-refractivity contribution in [2.45, 2.75) is 26.3 Å². The molecule has 7 nitrogen and oxygen atoms in total. The lowest BCUT2D eigenvalue weighted by Crippen LogP contribution is -2.32. The van der Waals surface area contributed by atoms with Gasteiger partial charge in [0.05, 0.1) is 25.8 Å². The summed E-state index contributed by atoms with van der Waals surface area (Å²) in [5.41, 5.74) is 2.79. The Morgan fingerprint density at radius 3 is 2.33 bits per heavy atom. The van der Waals surface area contributed by atoms with E-state index in [0.717, 1.165) is 17.7 Å². The van der Waals surface area contributed by atoms with Crippen molar-refractivity contribution in [2.75, 3.05) is 41.4 Å². The molecule has 0 bridgehead atoms. The van der Waals surface area contributed by atoms with Crippen molar-refractivity contribution >= 4 is 17.4 Å². The van der Waals surface area contributed by atoms with Crippen LogP contribution in [0.4, 0.5) is 0 Å². The number of aliphatic hydroxyl groups is 1. The topological polar surface area (TPSA) is 79.3 Å². The van der Waals surface area contributed by atoms with Crippen molar-refractivity contribution < 1.29 is 24.2 Å². The molecular formula is C26H32N2O5. The predicted molar refractivity (Wildman–Crippen MR) is 128 cm³/mol. The van der Waals surface area contributed by atoms with E-state index in [1.807, 2.05) is 57.1 Å². The minimum absolute atomic E-state index is 0.0713. The predicted octanol–water partition coefficient (Wildman–Crippen LogP) is 3.69. The Bertz CT molecular complexity index is 1090. The summed E-state index contributed by atoms with van der Waals surface area (Å²) in [6.07, 6.45) is 0.687. The van der Waals surface area contributed by atoms with E-state index in [9.17, 15) is 14.7 Å². The molecule has 33 heavy (non-hydrogen) atoms. The Morgan fingerprint density at radius 1 is 1.03 bits per heavy atom. The van der Waals surface area contributed by atoms with Crippen molar-refractivity contribution in [1.82, 2.24) is 9.80 Å². The van der Waals surface area contributed by atoms with Gasteiger partial charge >= 0.3 is 0 Å². The van der Waals surface area contributed by atoms with Crippen LogP contribution in [0.25, 0.3) is 5.76 Å². The van der Waals surface area contributed by atoms with Crippen LogP contribution in [-0.4, -0.2) is 68.0 Å². The number of Topliss-reactive ketones (excluding diaryl/α,β-unsaturated/α-hetero) is 1. The van der Waals surface area contributed by atoms with E-state index in [0.29, 0.717) is 35.6 Å². The molecule has 3 rings (SSSR count). The number of carbonyl (C=O) groups is 2. The standard InChI is InChI=1S/C26H32N2O5/c1-16-15-21(33-6)17(2)14-19(16)24(29)22-23(18-10-7-8-11-20(18)32-5)28(26(31)25(22)30)13-9-12-27(3)4/h7-8,10-11,14-15,23,29H,9,12-13H2,1-6H3/b24-22+. The van der Waals surface area contributed by atoms with E-state index in [-0.39, 0.29) is 11.3 Å². The monoisotopic (exact) mass is 452 g/mol. The summed E-state index contributed by atoms with van der Waals surface area (Å²) in [4.78, 5) is 29.9. The van der Waals surface area contributed by atoms with Crippen molar-refractivity contribution in [3.8, 4) is 11.5 Å². The second kappa shape index (κ2) is 10.1. The summed E-state index contributed by atoms with van der Waals surface area (Å²) < 4.78 is 10.9. The number of likely N-dealkylation sites (tertiary alicyclic amines) is 1. The highest BCUT2D eigenvalue weighted by Gasteiger charge is 2.46. The lowest BCUT2D eigenvalue weighted by Gasteiger charge is -2.27. The third-order valence-corrected chi connectivity index (χ3v) is 5.97. The van der Waals surface area contributed by atoms with Gasteiger partial charge in [-0.1, -0.05) is 18.2 Å². The number of nitrogens with zero attached hydrogens (tertiary/aromatic N) is 2. The summed E-state index contributed by atoms with van der Waals surface area (Å²) in [5.74, 6) is -0.261. The van der Waals surface area contributed by atoms with Gasteiger partial charge in [-0.2, -0.15) is 0 Å². The number of hydrogen-bond acceptors (Lipinski definition) is 6. The number of hydrogen-bond donors (Lipinski definition) is 1. The first-order chi connectivity index (χ1) is 15.7. The molecule has 0 spiro atoms. The first kappa shape index (κ1) is 24.3. The molecular weight excluding hydrogens is 420 g/mol. The molecule has 2 aromatic carbocycles. The summed E-state index contributed by atoms with van der Waals surface area (Å²) in [6.45, 7) is 4.84. The molecule has 1 atom stereocenters. The van der Waals surface area contributed by atoms with Gasteiger partial charge in [0, 0.05) is 17.7 Å². The van der Waals surface area contributed by atoms with Crippen LogP contribution in [-0.2, 0) is 9.59 Å². The molecule has 1 N–H and O–H groups in total. The van der Waals surface area contributed by atoms with Gasteiger partial charge in [0.2, 0.25) is 0 Å². The van der Waals surface area contributed by atoms with E-state index >= 15 is 0 Å². The van der Waals surface area contributed by atoms with E-state index in [1.54, 1.807) is 31.3 Å². The van der Waals surface area contributed by atoms with Gasteiger partial charge in [0.15, 0.2) is 0 Å². The number of benzene rings is 2. The maximum Gasteiger partial charge on any atom is 0.295 e. The fourth-order valence-electron chi connectivity index (χ4n) is 4.29. The number of amides is 1. The van der Waals surface area contributed by atoms with E-state index in [4.69, 9.17) is 9.47 Å². The number of methoxy groups -OCH3 is 2. The summed E-state index contributed by atoms with van der Waals surface area (Å²) in [5, 5.41) is 11.4. The third-order valence-electron chi connectivity index (χ3n) is 5.97. The summed E-state index contributed by atoms with van der Waals surface area (Å²) in [6, 6.07) is 10.1. The van der Waals surface area contributed by atoms with Crippen molar-refractivity contribution in [3.05, 3.63) is 64.2 Å². The molecule has 1 heterocycles. The quantitative estimate of drug-likeness (QED) is 0.374. The molecule has 0 aliphatic carbocycles. The van der Waals surface area contributed by atoms with Gasteiger partial charge in [0.1, 0.15) is 17.3 Å². The van der Waals surface area contributed by atoms with Gasteiger partial charge < -0.3 is 24.4 Å². The average molecular weight is 453 g/mol. The van der Waals surface area contributed by atoms with Crippen LogP contribution in [0.3, 0.4) is 0 Å². The molecule has 1 unspecified atom stereocenters. The van der Waals surface area contributed by atoms with Gasteiger partial charge in [0.25, 0.3) is 11.7 Å². The molecule has 176 valence electrons. The molecule has 1 amide bonds. The molecule has 1 saturated heterocycles. The Hall–Kier alpha value is -3.32. The number of carbonyl (C=O) groups excluding carboxylic acids is 2. The zero-order valence-electron chi connectivity index (χ0n) is 20.1. The number of ether oxygens (including phenoxy) is 2. The van der Waals surface area contributed by atoms with Crippen LogP contribution < -0.4 is 9.47 Å². The SMILES string of the molecule is COc1cc(C)c(/C(O)=C2\C(=O)C(=O)N(CCCN(C)C)C2c2ccccc2OC)cc1C. The van der Waals surface area contributed by atoms with Gasteiger partial charge in [-0.05, 0) is 70.2 Å². The number of aliphatic hydroxyl groups excluding tert-OH is 1. The van der Waals surface area contributed by atoms with E-state index in [1.165, 1.54) is 0 Å². The lowest BCUT2D eigenvalue weighted by molar-refractivity contribution is -0.140.